The topological polar surface area (TPSA) is 242 Å². The summed E-state index contributed by atoms with van der Waals surface area (Å²) >= 11 is 28.6. The van der Waals surface area contributed by atoms with Crippen LogP contribution >= 0.6 is 65.6 Å². The molecule has 0 aliphatic carbocycles. The van der Waals surface area contributed by atoms with Gasteiger partial charge in [0.1, 0.15) is 44.1 Å². The van der Waals surface area contributed by atoms with E-state index in [1.54, 1.807) is 16.9 Å². The number of benzene rings is 4. The van der Waals surface area contributed by atoms with Crippen molar-refractivity contribution in [2.24, 2.45) is 0 Å². The Kier molecular flexibility index (Phi) is 30.7. The first-order valence-corrected chi connectivity index (χ1v) is 28.3. The third-order valence-electron chi connectivity index (χ3n) is 9.24. The van der Waals surface area contributed by atoms with Gasteiger partial charge in [0.25, 0.3) is 5.91 Å². The number of anilines is 2. The molecule has 0 fully saturated rings. The Labute approximate surface area is 460 Å². The molecule has 1 aliphatic rings. The predicted molar refractivity (Wildman–Crippen MR) is 286 cm³/mol. The van der Waals surface area contributed by atoms with Crippen molar-refractivity contribution in [1.82, 2.24) is 5.32 Å². The Morgan fingerprint density at radius 3 is 2.01 bits per heavy atom. The number of para-hydroxylation sites is 3. The van der Waals surface area contributed by atoms with Crippen LogP contribution in [-0.2, 0) is 63.1 Å². The molecule has 0 saturated carbocycles. The number of carbonyl (C=O) groups is 5. The van der Waals surface area contributed by atoms with E-state index in [1.807, 2.05) is 54.7 Å². The van der Waals surface area contributed by atoms with Crippen LogP contribution in [0.2, 0.25) is 10.0 Å². The second-order valence-corrected chi connectivity index (χ2v) is 22.0. The summed E-state index contributed by atoms with van der Waals surface area (Å²) in [6.45, 7) is 7.41. The SMILES string of the molecule is CC1COc2ccccc2N1C(=O)C(Cl)Cl.CCc1cccc(CC)c1N(COC)C(=O)CCl.C[C@H](OC(=O)c1cc(Oc2ccc(C(F)(F)F)cc2Cl)ccc1Cl)C(=O)O.C[S+](C)C.O=C(O)CNCP(=O)([O-])O. The number of esters is 1. The van der Waals surface area contributed by atoms with Crippen molar-refractivity contribution in [3.63, 3.8) is 0 Å². The number of nitrogens with one attached hydrogen (secondary N) is 1. The van der Waals surface area contributed by atoms with E-state index in [4.69, 9.17) is 92.1 Å². The molecule has 1 heterocycles. The highest BCUT2D eigenvalue weighted by molar-refractivity contribution is 7.94. The Hall–Kier alpha value is -4.51. The largest absolute Gasteiger partial charge is 0.778 e. The number of carbonyl (C=O) groups excluding carboxylic acids is 3. The van der Waals surface area contributed by atoms with Gasteiger partial charge in [-0.05, 0) is 97.2 Å². The van der Waals surface area contributed by atoms with E-state index in [0.29, 0.717) is 29.3 Å². The molecule has 17 nitrogen and oxygen atoms in total. The maximum absolute atomic E-state index is 12.7. The molecule has 0 saturated heterocycles. The fraction of sp³-hybridized carbons (Fsp3) is 0.396. The van der Waals surface area contributed by atoms with Crippen molar-refractivity contribution < 1.29 is 80.7 Å². The van der Waals surface area contributed by atoms with Gasteiger partial charge in [0, 0.05) is 7.11 Å². The Morgan fingerprint density at radius 2 is 1.53 bits per heavy atom. The lowest BCUT2D eigenvalue weighted by Crippen LogP contribution is -2.47. The van der Waals surface area contributed by atoms with Crippen molar-refractivity contribution in [3.8, 4) is 17.2 Å². The highest BCUT2D eigenvalue weighted by Gasteiger charge is 2.33. The average Bonchev–Trinajstić information content (AvgIpc) is 3.33. The van der Waals surface area contributed by atoms with Crippen LogP contribution in [0.4, 0.5) is 24.5 Å². The molecule has 4 N–H and O–H groups in total. The summed E-state index contributed by atoms with van der Waals surface area (Å²) in [7, 11) is -2.13. The molecule has 0 spiro atoms. The zero-order valence-corrected chi connectivity index (χ0v) is 47.3. The van der Waals surface area contributed by atoms with Crippen LogP contribution in [0.1, 0.15) is 54.7 Å². The molecule has 5 rings (SSSR count). The van der Waals surface area contributed by atoms with Crippen LogP contribution < -0.4 is 29.5 Å². The molecular weight excluding hydrogens is 1140 g/mol. The number of carboxylic acids is 2. The minimum Gasteiger partial charge on any atom is -0.778 e. The number of methoxy groups -OCH3 is 1. The number of hydrogen-bond donors (Lipinski definition) is 4. The molecule has 4 aromatic carbocycles. The molecule has 3 atom stereocenters. The van der Waals surface area contributed by atoms with Gasteiger partial charge in [0.15, 0.2) is 10.9 Å². The van der Waals surface area contributed by atoms with Crippen LogP contribution in [0.5, 0.6) is 17.2 Å². The van der Waals surface area contributed by atoms with Crippen LogP contribution in [0.3, 0.4) is 0 Å². The lowest BCUT2D eigenvalue weighted by molar-refractivity contribution is -0.193. The lowest BCUT2D eigenvalue weighted by atomic mass is 10.0. The third kappa shape index (κ3) is 24.6. The summed E-state index contributed by atoms with van der Waals surface area (Å²) in [6, 6.07) is 19.7. The quantitative estimate of drug-likeness (QED) is 0.0268. The van der Waals surface area contributed by atoms with E-state index >= 15 is 0 Å². The summed E-state index contributed by atoms with van der Waals surface area (Å²) in [5.41, 5.74) is 2.84. The number of nitrogens with zero attached hydrogens (tertiary/aromatic N) is 2. The molecule has 1 aliphatic heterocycles. The number of aliphatic carboxylic acids is 2. The van der Waals surface area contributed by atoms with Gasteiger partial charge in [-0.1, -0.05) is 90.6 Å². The zero-order chi connectivity index (χ0) is 57.4. The van der Waals surface area contributed by atoms with Crippen LogP contribution in [0, 0.1) is 0 Å². The summed E-state index contributed by atoms with van der Waals surface area (Å²) in [5, 5.41) is 18.4. The van der Waals surface area contributed by atoms with Gasteiger partial charge in [0.2, 0.25) is 5.91 Å². The van der Waals surface area contributed by atoms with Crippen LogP contribution in [0.25, 0.3) is 0 Å². The second-order valence-electron chi connectivity index (χ2n) is 15.8. The first-order valence-electron chi connectivity index (χ1n) is 22.0. The predicted octanol–water partition coefficient (Wildman–Crippen LogP) is 9.68. The van der Waals surface area contributed by atoms with E-state index in [9.17, 15) is 46.6 Å². The molecule has 75 heavy (non-hydrogen) atoms. The number of alkyl halides is 6. The van der Waals surface area contributed by atoms with Gasteiger partial charge < -0.3 is 48.4 Å². The fourth-order valence-electron chi connectivity index (χ4n) is 5.96. The van der Waals surface area contributed by atoms with Gasteiger partial charge in [0.05, 0.1) is 70.2 Å². The van der Waals surface area contributed by atoms with E-state index in [-0.39, 0.29) is 57.6 Å². The molecular formula is C48H58Cl5F3N3O14PS. The van der Waals surface area contributed by atoms with Gasteiger partial charge in [-0.3, -0.25) is 24.6 Å². The fourth-order valence-corrected chi connectivity index (χ4v) is 7.12. The standard InChI is InChI=1S/C17H11Cl2F3O5.C14H20ClNO2.C11H11Cl2NO2.C3H8NO5P.C3H9S/c1-8(15(23)24)26-16(25)11-7-10(3-4-12(11)18)27-14-5-2-9(6-13(14)19)17(20,21)22;1-4-11-7-6-8-12(5-2)14(11)16(10-18-3)13(17)9-15;1-7-6-16-9-5-3-2-4-8(9)14(7)11(15)10(12)13;5-3(6)1-4-2-10(7,8)9;1-4(2)3/h2-8H,1H3,(H,23,24);6-8H,4-5,9-10H2,1-3H3;2-5,7,10H,6H2,1H3;4H,1-2H2,(H,5,6)(H2,7,8,9);1-3H3/q;;;;+1/p-1/t8-;;;;/m0..../s1. The maximum atomic E-state index is 12.7. The number of halogens is 8. The number of ether oxygens (including phenoxy) is 4. The second kappa shape index (κ2) is 33.6. The number of aryl methyl sites for hydroxylation is 2. The van der Waals surface area contributed by atoms with Gasteiger partial charge in [-0.2, -0.15) is 13.2 Å². The van der Waals surface area contributed by atoms with E-state index in [1.165, 1.54) is 12.1 Å². The Bertz CT molecular complexity index is 2540. The minimum atomic E-state index is -4.56. The highest BCUT2D eigenvalue weighted by atomic mass is 35.5. The summed E-state index contributed by atoms with van der Waals surface area (Å²) in [6.07, 6.45) is 1.67. The van der Waals surface area contributed by atoms with Crippen molar-refractivity contribution in [2.75, 3.05) is 67.7 Å². The molecule has 2 amide bonds. The maximum Gasteiger partial charge on any atom is 0.416 e. The van der Waals surface area contributed by atoms with E-state index in [0.717, 1.165) is 60.5 Å². The highest BCUT2D eigenvalue weighted by Crippen LogP contribution is 2.38. The molecule has 0 aromatic heterocycles. The average molecular weight is 1200 g/mol. The molecule has 0 radical (unpaired) electrons. The van der Waals surface area contributed by atoms with Crippen LogP contribution in [0.15, 0.2) is 78.9 Å². The van der Waals surface area contributed by atoms with Crippen LogP contribution in [-0.4, -0.2) is 120 Å². The van der Waals surface area contributed by atoms with Crippen molar-refractivity contribution in [3.05, 3.63) is 111 Å². The first kappa shape index (κ1) is 68.5. The molecule has 2 unspecified atom stereocenters. The van der Waals surface area contributed by atoms with E-state index < -0.39 is 61.0 Å². The van der Waals surface area contributed by atoms with E-state index in [2.05, 4.69) is 32.6 Å². The minimum absolute atomic E-state index is 0.0246. The molecule has 27 heteroatoms. The summed E-state index contributed by atoms with van der Waals surface area (Å²) < 4.78 is 68.7. The summed E-state index contributed by atoms with van der Waals surface area (Å²) in [5.74, 6) is -3.36. The zero-order valence-electron chi connectivity index (χ0n) is 41.8. The summed E-state index contributed by atoms with van der Waals surface area (Å²) in [4.78, 5) is 76.6. The number of rotatable bonds is 16. The molecule has 4 aromatic rings. The van der Waals surface area contributed by atoms with Crippen molar-refractivity contribution in [2.45, 2.75) is 63.7 Å². The van der Waals surface area contributed by atoms with Crippen molar-refractivity contribution in [1.29, 1.82) is 0 Å². The Morgan fingerprint density at radius 1 is 0.947 bits per heavy atom. The van der Waals surface area contributed by atoms with Crippen molar-refractivity contribution >= 4 is 118 Å². The molecule has 416 valence electrons. The monoisotopic (exact) mass is 1200 g/mol. The van der Waals surface area contributed by atoms with Gasteiger partial charge >= 0.3 is 24.1 Å². The Balaban J connectivity index is 0.000000513. The molecule has 0 bridgehead atoms. The van der Waals surface area contributed by atoms with Gasteiger partial charge in [-0.15, -0.1) is 11.6 Å². The smallest absolute Gasteiger partial charge is 0.416 e. The number of amides is 2. The lowest BCUT2D eigenvalue weighted by Gasteiger charge is -2.35. The normalized spacial score (nSPS) is 13.7. The number of carboxylic acid groups (broad SMARTS) is 2. The number of hydrogen-bond acceptors (Lipinski definition) is 12. The first-order chi connectivity index (χ1) is 34.9. The number of fused-ring (bicyclic) bond motifs is 1. The third-order valence-corrected chi connectivity index (χ3v) is 11.1. The van der Waals surface area contributed by atoms with Gasteiger partial charge in [-0.25, -0.2) is 9.59 Å².